The number of carbonyl (C=O) groups is 3. The topological polar surface area (TPSA) is 86.7 Å². The highest BCUT2D eigenvalue weighted by Gasteiger charge is 2.32. The highest BCUT2D eigenvalue weighted by Crippen LogP contribution is 2.34. The SMILES string of the molecule is CCCCCCCCCCCCCCCCCCNc1ccc2c3c(cccc13)C(=O)N(CCCCCCC(=O)O)C2=O. The van der Waals surface area contributed by atoms with Crippen molar-refractivity contribution in [2.24, 2.45) is 0 Å². The van der Waals surface area contributed by atoms with Crippen LogP contribution < -0.4 is 5.32 Å². The fourth-order valence-corrected chi connectivity index (χ4v) is 6.30. The predicted molar refractivity (Wildman–Crippen MR) is 178 cm³/mol. The number of benzene rings is 2. The van der Waals surface area contributed by atoms with Gasteiger partial charge in [-0.25, -0.2) is 0 Å². The van der Waals surface area contributed by atoms with Gasteiger partial charge in [0.15, 0.2) is 0 Å². The molecule has 238 valence electrons. The lowest BCUT2D eigenvalue weighted by atomic mass is 9.92. The van der Waals surface area contributed by atoms with E-state index in [4.69, 9.17) is 5.11 Å². The van der Waals surface area contributed by atoms with Crippen molar-refractivity contribution in [3.05, 3.63) is 41.5 Å². The summed E-state index contributed by atoms with van der Waals surface area (Å²) in [6.45, 7) is 3.52. The summed E-state index contributed by atoms with van der Waals surface area (Å²) < 4.78 is 0. The lowest BCUT2D eigenvalue weighted by Crippen LogP contribution is -2.40. The van der Waals surface area contributed by atoms with Gasteiger partial charge in [-0.15, -0.1) is 0 Å². The van der Waals surface area contributed by atoms with Crippen LogP contribution in [-0.2, 0) is 4.79 Å². The molecule has 0 atom stereocenters. The second-order valence-electron chi connectivity index (χ2n) is 12.4. The minimum Gasteiger partial charge on any atom is -0.481 e. The molecule has 2 aromatic rings. The lowest BCUT2D eigenvalue weighted by molar-refractivity contribution is -0.137. The van der Waals surface area contributed by atoms with E-state index in [1.807, 2.05) is 30.3 Å². The Morgan fingerprint density at radius 2 is 1.16 bits per heavy atom. The second-order valence-corrected chi connectivity index (χ2v) is 12.4. The Balaban J connectivity index is 1.32. The average molecular weight is 593 g/mol. The first kappa shape index (κ1) is 34.6. The number of imide groups is 1. The molecule has 0 spiro atoms. The van der Waals surface area contributed by atoms with Crippen LogP contribution in [0.25, 0.3) is 10.8 Å². The molecule has 0 saturated carbocycles. The maximum absolute atomic E-state index is 13.3. The third-order valence-electron chi connectivity index (χ3n) is 8.86. The normalized spacial score (nSPS) is 12.8. The molecule has 2 amide bonds. The van der Waals surface area contributed by atoms with E-state index < -0.39 is 5.97 Å². The molecule has 0 aliphatic carbocycles. The third-order valence-corrected chi connectivity index (χ3v) is 8.86. The number of carbonyl (C=O) groups excluding carboxylic acids is 2. The van der Waals surface area contributed by atoms with Crippen LogP contribution >= 0.6 is 0 Å². The van der Waals surface area contributed by atoms with E-state index in [9.17, 15) is 14.4 Å². The lowest BCUT2D eigenvalue weighted by Gasteiger charge is -2.28. The summed E-state index contributed by atoms with van der Waals surface area (Å²) in [6, 6.07) is 9.55. The van der Waals surface area contributed by atoms with E-state index in [1.165, 1.54) is 101 Å². The number of carboxylic acid groups (broad SMARTS) is 1. The molecule has 1 aliphatic heterocycles. The first-order valence-electron chi connectivity index (χ1n) is 17.4. The van der Waals surface area contributed by atoms with Gasteiger partial charge in [-0.1, -0.05) is 128 Å². The molecule has 0 aromatic heterocycles. The summed E-state index contributed by atoms with van der Waals surface area (Å²) in [4.78, 5) is 38.6. The monoisotopic (exact) mass is 592 g/mol. The van der Waals surface area contributed by atoms with E-state index in [0.717, 1.165) is 42.3 Å². The van der Waals surface area contributed by atoms with Crippen LogP contribution in [0.15, 0.2) is 30.3 Å². The number of nitrogens with one attached hydrogen (secondary N) is 1. The summed E-state index contributed by atoms with van der Waals surface area (Å²) in [5, 5.41) is 14.0. The number of aliphatic carboxylic acids is 1. The minimum atomic E-state index is -0.787. The molecule has 43 heavy (non-hydrogen) atoms. The van der Waals surface area contributed by atoms with Gasteiger partial charge >= 0.3 is 5.97 Å². The van der Waals surface area contributed by atoms with Crippen molar-refractivity contribution >= 4 is 34.2 Å². The first-order chi connectivity index (χ1) is 21.0. The summed E-state index contributed by atoms with van der Waals surface area (Å²) >= 11 is 0. The maximum atomic E-state index is 13.3. The van der Waals surface area contributed by atoms with Crippen LogP contribution in [0, 0.1) is 0 Å². The van der Waals surface area contributed by atoms with Crippen molar-refractivity contribution in [1.82, 2.24) is 4.90 Å². The number of carboxylic acids is 1. The average Bonchev–Trinajstić information content (AvgIpc) is 3.00. The van der Waals surface area contributed by atoms with E-state index in [0.29, 0.717) is 30.5 Å². The van der Waals surface area contributed by atoms with E-state index in [1.54, 1.807) is 0 Å². The zero-order valence-corrected chi connectivity index (χ0v) is 26.8. The van der Waals surface area contributed by atoms with Gasteiger partial charge in [0.1, 0.15) is 0 Å². The van der Waals surface area contributed by atoms with Gasteiger partial charge in [0.05, 0.1) is 0 Å². The van der Waals surface area contributed by atoms with E-state index in [2.05, 4.69) is 12.2 Å². The third kappa shape index (κ3) is 11.6. The Kier molecular flexibility index (Phi) is 16.2. The molecule has 0 fully saturated rings. The highest BCUT2D eigenvalue weighted by atomic mass is 16.4. The number of hydrogen-bond acceptors (Lipinski definition) is 4. The number of anilines is 1. The molecule has 2 N–H and O–H groups in total. The van der Waals surface area contributed by atoms with E-state index >= 15 is 0 Å². The fourth-order valence-electron chi connectivity index (χ4n) is 6.30. The van der Waals surface area contributed by atoms with Crippen LogP contribution in [0.3, 0.4) is 0 Å². The Hall–Kier alpha value is -2.89. The molecular weight excluding hydrogens is 536 g/mol. The summed E-state index contributed by atoms with van der Waals surface area (Å²) in [5.74, 6) is -1.25. The second kappa shape index (κ2) is 20.1. The van der Waals surface area contributed by atoms with Crippen molar-refractivity contribution in [2.45, 2.75) is 142 Å². The van der Waals surface area contributed by atoms with Crippen LogP contribution in [0.4, 0.5) is 5.69 Å². The summed E-state index contributed by atoms with van der Waals surface area (Å²) in [7, 11) is 0. The van der Waals surface area contributed by atoms with Gasteiger partial charge in [0, 0.05) is 47.1 Å². The molecule has 0 unspecified atom stereocenters. The zero-order chi connectivity index (χ0) is 30.7. The van der Waals surface area contributed by atoms with Gasteiger partial charge in [0.2, 0.25) is 0 Å². The number of amides is 2. The maximum Gasteiger partial charge on any atom is 0.303 e. The van der Waals surface area contributed by atoms with Crippen molar-refractivity contribution in [1.29, 1.82) is 0 Å². The quantitative estimate of drug-likeness (QED) is 0.0885. The summed E-state index contributed by atoms with van der Waals surface area (Å²) in [6.07, 6.45) is 24.7. The molecule has 6 heteroatoms. The van der Waals surface area contributed by atoms with Gasteiger partial charge in [-0.2, -0.15) is 0 Å². The fraction of sp³-hybridized carbons (Fsp3) is 0.649. The van der Waals surface area contributed by atoms with Crippen molar-refractivity contribution in [3.8, 4) is 0 Å². The van der Waals surface area contributed by atoms with Crippen molar-refractivity contribution in [2.75, 3.05) is 18.4 Å². The van der Waals surface area contributed by atoms with Crippen LogP contribution in [-0.4, -0.2) is 40.9 Å². The van der Waals surface area contributed by atoms with Crippen LogP contribution in [0.5, 0.6) is 0 Å². The first-order valence-corrected chi connectivity index (χ1v) is 17.4. The number of hydrogen-bond donors (Lipinski definition) is 2. The van der Waals surface area contributed by atoms with Crippen molar-refractivity contribution < 1.29 is 19.5 Å². The number of nitrogens with zero attached hydrogens (tertiary/aromatic N) is 1. The molecule has 1 aliphatic rings. The Labute approximate surface area is 260 Å². The van der Waals surface area contributed by atoms with Gasteiger partial charge < -0.3 is 10.4 Å². The zero-order valence-electron chi connectivity index (χ0n) is 26.8. The molecule has 6 nitrogen and oxygen atoms in total. The summed E-state index contributed by atoms with van der Waals surface area (Å²) in [5.41, 5.74) is 2.15. The van der Waals surface area contributed by atoms with Gasteiger partial charge in [-0.3, -0.25) is 19.3 Å². The molecule has 1 heterocycles. The molecule has 2 aromatic carbocycles. The Bertz CT molecular complexity index is 1120. The molecule has 0 radical (unpaired) electrons. The van der Waals surface area contributed by atoms with Crippen molar-refractivity contribution in [3.63, 3.8) is 0 Å². The minimum absolute atomic E-state index is 0.160. The predicted octanol–water partition coefficient (Wildman–Crippen LogP) is 10.1. The Morgan fingerprint density at radius 3 is 1.74 bits per heavy atom. The van der Waals surface area contributed by atoms with Crippen LogP contribution in [0.2, 0.25) is 0 Å². The highest BCUT2D eigenvalue weighted by molar-refractivity contribution is 6.26. The van der Waals surface area contributed by atoms with Gasteiger partial charge in [0.25, 0.3) is 11.8 Å². The smallest absolute Gasteiger partial charge is 0.303 e. The van der Waals surface area contributed by atoms with Gasteiger partial charge in [-0.05, 0) is 37.5 Å². The molecule has 3 rings (SSSR count). The molecule has 0 saturated heterocycles. The number of rotatable bonds is 25. The standard InChI is InChI=1S/C37H56N2O4/c1-2-3-4-5-6-7-8-9-10-11-12-13-14-15-17-20-28-38-33-27-26-32-35-30(33)23-22-24-31(35)36(42)39(37(32)43)29-21-18-16-19-25-34(40)41/h22-24,26-27,38H,2-21,25,28-29H2,1H3,(H,40,41). The molecule has 0 bridgehead atoms. The van der Waals surface area contributed by atoms with E-state index in [-0.39, 0.29) is 18.2 Å². The Morgan fingerprint density at radius 1 is 0.651 bits per heavy atom. The largest absolute Gasteiger partial charge is 0.481 e. The molecular formula is C37H56N2O4. The number of unbranched alkanes of at least 4 members (excludes halogenated alkanes) is 18. The van der Waals surface area contributed by atoms with Crippen LogP contribution in [0.1, 0.15) is 162 Å².